The predicted molar refractivity (Wildman–Crippen MR) is 68.7 cm³/mol. The molecule has 4 heteroatoms. The fraction of sp³-hybridized carbons (Fsp3) is 0.500. The van der Waals surface area contributed by atoms with Crippen molar-refractivity contribution >= 4 is 15.9 Å². The minimum absolute atomic E-state index is 0.0233. The van der Waals surface area contributed by atoms with Crippen molar-refractivity contribution in [2.75, 3.05) is 27.2 Å². The van der Waals surface area contributed by atoms with Crippen LogP contribution in [0, 0.1) is 0 Å². The standard InChI is InChI=1S/C12H18BrNO2/c1-14(2)6-3-7-16-11-4-5-12(13)10(8-11)9-15/h4-5,8,15H,3,6-7,9H2,1-2H3. The topological polar surface area (TPSA) is 32.7 Å². The molecule has 0 amide bonds. The van der Waals surface area contributed by atoms with E-state index in [1.165, 1.54) is 0 Å². The molecule has 0 radical (unpaired) electrons. The largest absolute Gasteiger partial charge is 0.494 e. The van der Waals surface area contributed by atoms with E-state index in [0.717, 1.165) is 28.8 Å². The van der Waals surface area contributed by atoms with Crippen LogP contribution in [0.5, 0.6) is 5.75 Å². The van der Waals surface area contributed by atoms with Crippen LogP contribution in [0.2, 0.25) is 0 Å². The predicted octanol–water partition coefficient (Wildman–Crippen LogP) is 2.27. The summed E-state index contributed by atoms with van der Waals surface area (Å²) in [5, 5.41) is 9.10. The molecule has 0 aliphatic heterocycles. The van der Waals surface area contributed by atoms with Gasteiger partial charge in [-0.05, 0) is 44.3 Å². The number of hydrogen-bond acceptors (Lipinski definition) is 3. The fourth-order valence-electron chi connectivity index (χ4n) is 1.33. The van der Waals surface area contributed by atoms with E-state index in [1.807, 2.05) is 32.3 Å². The van der Waals surface area contributed by atoms with Gasteiger partial charge in [-0.1, -0.05) is 15.9 Å². The number of rotatable bonds is 6. The average molecular weight is 288 g/mol. The maximum absolute atomic E-state index is 9.10. The maximum Gasteiger partial charge on any atom is 0.119 e. The van der Waals surface area contributed by atoms with E-state index in [9.17, 15) is 0 Å². The van der Waals surface area contributed by atoms with Gasteiger partial charge in [0.1, 0.15) is 5.75 Å². The highest BCUT2D eigenvalue weighted by Crippen LogP contribution is 2.22. The normalized spacial score (nSPS) is 10.8. The van der Waals surface area contributed by atoms with E-state index >= 15 is 0 Å². The van der Waals surface area contributed by atoms with E-state index in [2.05, 4.69) is 20.8 Å². The third kappa shape index (κ3) is 4.51. The second-order valence-corrected chi connectivity index (χ2v) is 4.77. The molecule has 0 saturated heterocycles. The minimum Gasteiger partial charge on any atom is -0.494 e. The zero-order chi connectivity index (χ0) is 12.0. The van der Waals surface area contributed by atoms with Crippen LogP contribution in [-0.2, 0) is 6.61 Å². The highest BCUT2D eigenvalue weighted by molar-refractivity contribution is 9.10. The second-order valence-electron chi connectivity index (χ2n) is 3.92. The van der Waals surface area contributed by atoms with Crippen molar-refractivity contribution in [3.05, 3.63) is 28.2 Å². The molecule has 0 unspecified atom stereocenters. The average Bonchev–Trinajstić information content (AvgIpc) is 2.26. The minimum atomic E-state index is 0.0233. The number of benzene rings is 1. The molecule has 1 rings (SSSR count). The van der Waals surface area contributed by atoms with Crippen LogP contribution in [0.1, 0.15) is 12.0 Å². The molecule has 16 heavy (non-hydrogen) atoms. The van der Waals surface area contributed by atoms with Crippen LogP contribution in [0.15, 0.2) is 22.7 Å². The lowest BCUT2D eigenvalue weighted by molar-refractivity contribution is 0.272. The highest BCUT2D eigenvalue weighted by atomic mass is 79.9. The first-order chi connectivity index (χ1) is 7.63. The van der Waals surface area contributed by atoms with Crippen LogP contribution >= 0.6 is 15.9 Å². The molecule has 0 atom stereocenters. The quantitative estimate of drug-likeness (QED) is 0.815. The Morgan fingerprint density at radius 2 is 2.12 bits per heavy atom. The molecule has 0 aliphatic rings. The van der Waals surface area contributed by atoms with E-state index in [-0.39, 0.29) is 6.61 Å². The summed E-state index contributed by atoms with van der Waals surface area (Å²) < 4.78 is 6.51. The van der Waals surface area contributed by atoms with Crippen molar-refractivity contribution in [3.63, 3.8) is 0 Å². The molecule has 1 aromatic rings. The number of aliphatic hydroxyl groups is 1. The lowest BCUT2D eigenvalue weighted by Gasteiger charge is -2.11. The maximum atomic E-state index is 9.10. The third-order valence-corrected chi connectivity index (χ3v) is 2.98. The molecule has 0 spiro atoms. The Hall–Kier alpha value is -0.580. The van der Waals surface area contributed by atoms with Gasteiger partial charge < -0.3 is 14.7 Å². The molecule has 90 valence electrons. The summed E-state index contributed by atoms with van der Waals surface area (Å²) in [5.41, 5.74) is 0.852. The first-order valence-electron chi connectivity index (χ1n) is 5.30. The number of nitrogens with zero attached hydrogens (tertiary/aromatic N) is 1. The van der Waals surface area contributed by atoms with Gasteiger partial charge in [0.05, 0.1) is 13.2 Å². The zero-order valence-corrected chi connectivity index (χ0v) is 11.3. The number of ether oxygens (including phenoxy) is 1. The summed E-state index contributed by atoms with van der Waals surface area (Å²) in [6.45, 7) is 1.74. The molecule has 0 bridgehead atoms. The summed E-state index contributed by atoms with van der Waals surface area (Å²) in [6, 6.07) is 5.66. The summed E-state index contributed by atoms with van der Waals surface area (Å²) in [7, 11) is 4.09. The first-order valence-corrected chi connectivity index (χ1v) is 6.09. The summed E-state index contributed by atoms with van der Waals surface area (Å²) >= 11 is 3.37. The zero-order valence-electron chi connectivity index (χ0n) is 9.74. The van der Waals surface area contributed by atoms with Crippen molar-refractivity contribution in [3.8, 4) is 5.75 Å². The summed E-state index contributed by atoms with van der Waals surface area (Å²) in [4.78, 5) is 2.13. The molecule has 0 saturated carbocycles. The van der Waals surface area contributed by atoms with Gasteiger partial charge in [-0.3, -0.25) is 0 Å². The number of halogens is 1. The van der Waals surface area contributed by atoms with Crippen molar-refractivity contribution in [2.45, 2.75) is 13.0 Å². The molecule has 1 N–H and O–H groups in total. The van der Waals surface area contributed by atoms with E-state index in [4.69, 9.17) is 9.84 Å². The highest BCUT2D eigenvalue weighted by Gasteiger charge is 2.01. The van der Waals surface area contributed by atoms with Gasteiger partial charge >= 0.3 is 0 Å². The Kier molecular flexibility index (Phi) is 5.80. The van der Waals surface area contributed by atoms with Gasteiger partial charge in [-0.25, -0.2) is 0 Å². The van der Waals surface area contributed by atoms with Crippen molar-refractivity contribution in [2.24, 2.45) is 0 Å². The summed E-state index contributed by atoms with van der Waals surface area (Å²) in [5.74, 6) is 0.811. The monoisotopic (exact) mass is 287 g/mol. The molecule has 0 aromatic heterocycles. The lowest BCUT2D eigenvalue weighted by Crippen LogP contribution is -2.15. The Bertz CT molecular complexity index is 329. The Morgan fingerprint density at radius 3 is 2.75 bits per heavy atom. The van der Waals surface area contributed by atoms with Crippen molar-refractivity contribution < 1.29 is 9.84 Å². The molecule has 3 nitrogen and oxygen atoms in total. The second kappa shape index (κ2) is 6.89. The van der Waals surface area contributed by atoms with E-state index in [0.29, 0.717) is 6.61 Å². The van der Waals surface area contributed by atoms with Crippen molar-refractivity contribution in [1.82, 2.24) is 4.90 Å². The lowest BCUT2D eigenvalue weighted by atomic mass is 10.2. The van der Waals surface area contributed by atoms with Crippen LogP contribution in [0.25, 0.3) is 0 Å². The third-order valence-electron chi connectivity index (χ3n) is 2.21. The number of hydrogen-bond donors (Lipinski definition) is 1. The van der Waals surface area contributed by atoms with Crippen LogP contribution < -0.4 is 4.74 Å². The molecule has 0 aliphatic carbocycles. The van der Waals surface area contributed by atoms with Gasteiger partial charge in [-0.15, -0.1) is 0 Å². The van der Waals surface area contributed by atoms with Gasteiger partial charge in [0.25, 0.3) is 0 Å². The van der Waals surface area contributed by atoms with Crippen LogP contribution in [0.4, 0.5) is 0 Å². The Balaban J connectivity index is 2.42. The molecule has 0 fully saturated rings. The van der Waals surface area contributed by atoms with Crippen molar-refractivity contribution in [1.29, 1.82) is 0 Å². The smallest absolute Gasteiger partial charge is 0.119 e. The SMILES string of the molecule is CN(C)CCCOc1ccc(Br)c(CO)c1. The van der Waals surface area contributed by atoms with Gasteiger partial charge in [0, 0.05) is 11.0 Å². The van der Waals surface area contributed by atoms with Gasteiger partial charge in [-0.2, -0.15) is 0 Å². The number of aliphatic hydroxyl groups excluding tert-OH is 1. The molecule has 0 heterocycles. The fourth-order valence-corrected chi connectivity index (χ4v) is 1.70. The Labute approximate surface area is 105 Å². The molecule has 1 aromatic carbocycles. The van der Waals surface area contributed by atoms with Gasteiger partial charge in [0.15, 0.2) is 0 Å². The van der Waals surface area contributed by atoms with Crippen LogP contribution in [-0.4, -0.2) is 37.3 Å². The van der Waals surface area contributed by atoms with E-state index in [1.54, 1.807) is 0 Å². The Morgan fingerprint density at radius 1 is 1.38 bits per heavy atom. The molecular weight excluding hydrogens is 270 g/mol. The van der Waals surface area contributed by atoms with E-state index < -0.39 is 0 Å². The van der Waals surface area contributed by atoms with Crippen LogP contribution in [0.3, 0.4) is 0 Å². The molecular formula is C12H18BrNO2. The first kappa shape index (κ1) is 13.5. The van der Waals surface area contributed by atoms with Gasteiger partial charge in [0.2, 0.25) is 0 Å². The summed E-state index contributed by atoms with van der Waals surface area (Å²) in [6.07, 6.45) is 0.998.